The van der Waals surface area contributed by atoms with E-state index in [9.17, 15) is 9.90 Å². The van der Waals surface area contributed by atoms with E-state index in [2.05, 4.69) is 0 Å². The second-order valence-electron chi connectivity index (χ2n) is 4.69. The second kappa shape index (κ2) is 6.39. The van der Waals surface area contributed by atoms with E-state index in [0.29, 0.717) is 18.8 Å². The highest BCUT2D eigenvalue weighted by Crippen LogP contribution is 2.24. The molecule has 1 N–H and O–H groups in total. The highest BCUT2D eigenvalue weighted by Gasteiger charge is 2.14. The predicted octanol–water partition coefficient (Wildman–Crippen LogP) is 3.41. The Hall–Kier alpha value is -2.07. The molecule has 0 radical (unpaired) electrons. The summed E-state index contributed by atoms with van der Waals surface area (Å²) in [7, 11) is 1.66. The summed E-state index contributed by atoms with van der Waals surface area (Å²) in [4.78, 5) is 11.3. The Bertz CT molecular complexity index is 602. The summed E-state index contributed by atoms with van der Waals surface area (Å²) in [6.07, 6.45) is 0.889. The number of carboxylic acid groups (broad SMARTS) is 1. The average molecular weight is 273 g/mol. The summed E-state index contributed by atoms with van der Waals surface area (Å²) in [5.41, 5.74) is 3.35. The molecule has 20 heavy (non-hydrogen) atoms. The monoisotopic (exact) mass is 273 g/mol. The first kappa shape index (κ1) is 14.3. The third-order valence-corrected chi connectivity index (χ3v) is 3.18. The van der Waals surface area contributed by atoms with Crippen LogP contribution in [0.5, 0.6) is 0 Å². The SMILES string of the molecule is CCCn1c(C(=O)O)ccc1-c1cccc(COC)c1. The average Bonchev–Trinajstić information content (AvgIpc) is 2.84. The Morgan fingerprint density at radius 1 is 1.30 bits per heavy atom. The predicted molar refractivity (Wildman–Crippen MR) is 77.8 cm³/mol. The summed E-state index contributed by atoms with van der Waals surface area (Å²) in [5, 5.41) is 9.25. The molecule has 0 unspecified atom stereocenters. The second-order valence-corrected chi connectivity index (χ2v) is 4.69. The Kier molecular flexibility index (Phi) is 4.58. The van der Waals surface area contributed by atoms with Gasteiger partial charge >= 0.3 is 5.97 Å². The van der Waals surface area contributed by atoms with Gasteiger partial charge in [-0.25, -0.2) is 4.79 Å². The minimum absolute atomic E-state index is 0.332. The fourth-order valence-corrected chi connectivity index (χ4v) is 2.36. The van der Waals surface area contributed by atoms with E-state index in [1.54, 1.807) is 13.2 Å². The third kappa shape index (κ3) is 2.91. The number of nitrogens with zero attached hydrogens (tertiary/aromatic N) is 1. The molecule has 0 bridgehead atoms. The van der Waals surface area contributed by atoms with Crippen molar-refractivity contribution in [1.29, 1.82) is 0 Å². The molecule has 0 saturated carbocycles. The van der Waals surface area contributed by atoms with E-state index in [-0.39, 0.29) is 0 Å². The van der Waals surface area contributed by atoms with Crippen LogP contribution in [0, 0.1) is 0 Å². The fourth-order valence-electron chi connectivity index (χ4n) is 2.36. The number of hydrogen-bond donors (Lipinski definition) is 1. The van der Waals surface area contributed by atoms with Gasteiger partial charge in [0.05, 0.1) is 6.61 Å². The zero-order chi connectivity index (χ0) is 14.5. The van der Waals surface area contributed by atoms with Gasteiger partial charge in [0, 0.05) is 19.3 Å². The molecule has 0 saturated heterocycles. The van der Waals surface area contributed by atoms with Crippen molar-refractivity contribution in [2.24, 2.45) is 0 Å². The summed E-state index contributed by atoms with van der Waals surface area (Å²) in [6.45, 7) is 3.28. The van der Waals surface area contributed by atoms with Crippen LogP contribution >= 0.6 is 0 Å². The van der Waals surface area contributed by atoms with Crippen LogP contribution in [0.1, 0.15) is 29.4 Å². The minimum atomic E-state index is -0.891. The first-order chi connectivity index (χ1) is 9.67. The summed E-state index contributed by atoms with van der Waals surface area (Å²) in [6, 6.07) is 11.5. The van der Waals surface area contributed by atoms with E-state index < -0.39 is 5.97 Å². The number of carbonyl (C=O) groups is 1. The van der Waals surface area contributed by atoms with Crippen molar-refractivity contribution in [1.82, 2.24) is 4.57 Å². The molecule has 0 amide bonds. The molecule has 1 aromatic carbocycles. The van der Waals surface area contributed by atoms with Crippen molar-refractivity contribution >= 4 is 5.97 Å². The smallest absolute Gasteiger partial charge is 0.352 e. The maximum atomic E-state index is 11.3. The highest BCUT2D eigenvalue weighted by atomic mass is 16.5. The van der Waals surface area contributed by atoms with E-state index in [1.807, 2.05) is 41.8 Å². The summed E-state index contributed by atoms with van der Waals surface area (Å²) >= 11 is 0. The molecule has 2 aromatic rings. The van der Waals surface area contributed by atoms with Crippen LogP contribution in [-0.4, -0.2) is 22.8 Å². The maximum absolute atomic E-state index is 11.3. The molecule has 0 fully saturated rings. The molecule has 0 aliphatic rings. The van der Waals surface area contributed by atoms with Crippen molar-refractivity contribution in [3.8, 4) is 11.3 Å². The van der Waals surface area contributed by atoms with Crippen molar-refractivity contribution in [3.05, 3.63) is 47.7 Å². The van der Waals surface area contributed by atoms with Crippen LogP contribution in [0.25, 0.3) is 11.3 Å². The van der Waals surface area contributed by atoms with Gasteiger partial charge in [-0.3, -0.25) is 0 Å². The van der Waals surface area contributed by atoms with Crippen LogP contribution in [0.15, 0.2) is 36.4 Å². The molecule has 2 rings (SSSR count). The number of hydrogen-bond acceptors (Lipinski definition) is 2. The largest absolute Gasteiger partial charge is 0.477 e. The molecular weight excluding hydrogens is 254 g/mol. The van der Waals surface area contributed by atoms with Crippen LogP contribution in [-0.2, 0) is 17.9 Å². The summed E-state index contributed by atoms with van der Waals surface area (Å²) < 4.78 is 6.99. The van der Waals surface area contributed by atoms with Gasteiger partial charge in [0.15, 0.2) is 0 Å². The lowest BCUT2D eigenvalue weighted by Crippen LogP contribution is -2.09. The molecular formula is C16H19NO3. The lowest BCUT2D eigenvalue weighted by Gasteiger charge is -2.11. The van der Waals surface area contributed by atoms with Crippen molar-refractivity contribution in [2.75, 3.05) is 7.11 Å². The fraction of sp³-hybridized carbons (Fsp3) is 0.312. The van der Waals surface area contributed by atoms with Gasteiger partial charge in [0.1, 0.15) is 5.69 Å². The standard InChI is InChI=1S/C16H19NO3/c1-3-9-17-14(7-8-15(17)16(18)19)13-6-4-5-12(10-13)11-20-2/h4-8,10H,3,9,11H2,1-2H3,(H,18,19). The number of ether oxygens (including phenoxy) is 1. The number of carboxylic acids is 1. The van der Waals surface area contributed by atoms with Crippen LogP contribution in [0.3, 0.4) is 0 Å². The lowest BCUT2D eigenvalue weighted by molar-refractivity contribution is 0.0685. The normalized spacial score (nSPS) is 10.7. The molecule has 1 heterocycles. The Labute approximate surface area is 118 Å². The quantitative estimate of drug-likeness (QED) is 0.877. The Morgan fingerprint density at radius 3 is 2.75 bits per heavy atom. The van der Waals surface area contributed by atoms with Crippen LogP contribution < -0.4 is 0 Å². The number of methoxy groups -OCH3 is 1. The van der Waals surface area contributed by atoms with Crippen molar-refractivity contribution < 1.29 is 14.6 Å². The van der Waals surface area contributed by atoms with Gasteiger partial charge in [-0.15, -0.1) is 0 Å². The minimum Gasteiger partial charge on any atom is -0.477 e. The van der Waals surface area contributed by atoms with E-state index in [1.165, 1.54) is 0 Å². The topological polar surface area (TPSA) is 51.5 Å². The highest BCUT2D eigenvalue weighted by molar-refractivity contribution is 5.87. The zero-order valence-corrected chi connectivity index (χ0v) is 11.8. The van der Waals surface area contributed by atoms with Gasteiger partial charge in [0.2, 0.25) is 0 Å². The van der Waals surface area contributed by atoms with Gasteiger partial charge in [0.25, 0.3) is 0 Å². The van der Waals surface area contributed by atoms with Gasteiger partial charge in [-0.2, -0.15) is 0 Å². The van der Waals surface area contributed by atoms with Crippen molar-refractivity contribution in [3.63, 3.8) is 0 Å². The van der Waals surface area contributed by atoms with Crippen LogP contribution in [0.2, 0.25) is 0 Å². The summed E-state index contributed by atoms with van der Waals surface area (Å²) in [5.74, 6) is -0.891. The van der Waals surface area contributed by atoms with E-state index in [0.717, 1.165) is 23.2 Å². The molecule has 0 spiro atoms. The number of benzene rings is 1. The number of rotatable bonds is 6. The zero-order valence-electron chi connectivity index (χ0n) is 11.8. The van der Waals surface area contributed by atoms with Gasteiger partial charge in [-0.1, -0.05) is 25.1 Å². The molecule has 0 aliphatic carbocycles. The molecule has 4 heteroatoms. The van der Waals surface area contributed by atoms with Crippen LogP contribution in [0.4, 0.5) is 0 Å². The Morgan fingerprint density at radius 2 is 2.10 bits per heavy atom. The number of aromatic nitrogens is 1. The molecule has 0 aliphatic heterocycles. The van der Waals surface area contributed by atoms with E-state index >= 15 is 0 Å². The molecule has 4 nitrogen and oxygen atoms in total. The first-order valence-electron chi connectivity index (χ1n) is 6.68. The lowest BCUT2D eigenvalue weighted by atomic mass is 10.1. The maximum Gasteiger partial charge on any atom is 0.352 e. The molecule has 1 aromatic heterocycles. The van der Waals surface area contributed by atoms with Gasteiger partial charge < -0.3 is 14.4 Å². The third-order valence-electron chi connectivity index (χ3n) is 3.18. The van der Waals surface area contributed by atoms with Crippen molar-refractivity contribution in [2.45, 2.75) is 26.5 Å². The first-order valence-corrected chi connectivity index (χ1v) is 6.68. The van der Waals surface area contributed by atoms with Gasteiger partial charge in [-0.05, 0) is 35.7 Å². The molecule has 106 valence electrons. The Balaban J connectivity index is 2.46. The van der Waals surface area contributed by atoms with E-state index in [4.69, 9.17) is 4.74 Å². The number of aromatic carboxylic acids is 1. The molecule has 0 atom stereocenters.